The number of carbonyl (C=O) groups excluding carboxylic acids is 2. The summed E-state index contributed by atoms with van der Waals surface area (Å²) in [7, 11) is 3.15. The van der Waals surface area contributed by atoms with Gasteiger partial charge >= 0.3 is 0 Å². The molecule has 29 heavy (non-hydrogen) atoms. The number of hydrogen-bond donors (Lipinski definition) is 3. The third-order valence-corrected chi connectivity index (χ3v) is 5.71. The largest absolute Gasteiger partial charge is 0.497 e. The van der Waals surface area contributed by atoms with Crippen molar-refractivity contribution in [1.29, 1.82) is 0 Å². The molecule has 1 heterocycles. The molecular weight excluding hydrogens is 368 g/mol. The van der Waals surface area contributed by atoms with Crippen LogP contribution in [0.1, 0.15) is 46.0 Å². The van der Waals surface area contributed by atoms with Crippen LogP contribution in [0.15, 0.2) is 36.4 Å². The summed E-state index contributed by atoms with van der Waals surface area (Å²) in [6.45, 7) is 4.71. The first-order valence-corrected chi connectivity index (χ1v) is 9.67. The van der Waals surface area contributed by atoms with Crippen LogP contribution in [0.3, 0.4) is 0 Å². The number of methoxy groups -OCH3 is 1. The summed E-state index contributed by atoms with van der Waals surface area (Å²) in [5.41, 5.74) is 8.02. The van der Waals surface area contributed by atoms with Crippen LogP contribution in [0.4, 0.5) is 0 Å². The number of ether oxygens (including phenoxy) is 1. The number of nitrogens with zero attached hydrogens (tertiary/aromatic N) is 1. The van der Waals surface area contributed by atoms with E-state index in [4.69, 9.17) is 10.5 Å². The predicted molar refractivity (Wildman–Crippen MR) is 111 cm³/mol. The molecule has 7 nitrogen and oxygen atoms in total. The Bertz CT molecular complexity index is 926. The number of carbonyl (C=O) groups is 2. The summed E-state index contributed by atoms with van der Waals surface area (Å²) in [4.78, 5) is 29.5. The van der Waals surface area contributed by atoms with Crippen molar-refractivity contribution in [3.63, 3.8) is 0 Å². The Morgan fingerprint density at radius 2 is 1.97 bits per heavy atom. The Balaban J connectivity index is 1.87. The molecule has 1 saturated carbocycles. The minimum atomic E-state index is -0.335. The van der Waals surface area contributed by atoms with Crippen LogP contribution in [-0.4, -0.2) is 43.5 Å². The average Bonchev–Trinajstić information content (AvgIpc) is 3.25. The van der Waals surface area contributed by atoms with E-state index in [2.05, 4.69) is 29.5 Å². The first-order valence-electron chi connectivity index (χ1n) is 9.67. The van der Waals surface area contributed by atoms with Gasteiger partial charge in [0.2, 0.25) is 0 Å². The lowest BCUT2D eigenvalue weighted by Gasteiger charge is -2.11. The van der Waals surface area contributed by atoms with Crippen molar-refractivity contribution in [1.82, 2.24) is 15.6 Å². The van der Waals surface area contributed by atoms with Gasteiger partial charge in [0.1, 0.15) is 11.4 Å². The zero-order valence-electron chi connectivity index (χ0n) is 17.3. The van der Waals surface area contributed by atoms with Crippen LogP contribution in [0, 0.1) is 11.3 Å². The second-order valence-corrected chi connectivity index (χ2v) is 7.95. The van der Waals surface area contributed by atoms with Crippen LogP contribution in [-0.2, 0) is 6.42 Å². The van der Waals surface area contributed by atoms with E-state index >= 15 is 0 Å². The molecule has 154 valence electrons. The fraction of sp³-hybridized carbons (Fsp3) is 0.409. The standard InChI is InChI=1S/C22H28N4O3/c1-22(2)17(12-23)19(22)26-20(27)14-10-15(25-18(11-14)21(28)24-3)8-13-6-5-7-16(9-13)29-4/h5-7,9-11,17,19H,8,12,23H2,1-4H3,(H,24,28)(H,26,27). The van der Waals surface area contributed by atoms with E-state index in [1.807, 2.05) is 24.3 Å². The minimum Gasteiger partial charge on any atom is -0.497 e. The van der Waals surface area contributed by atoms with Crippen molar-refractivity contribution in [2.45, 2.75) is 26.3 Å². The lowest BCUT2D eigenvalue weighted by atomic mass is 10.1. The Labute approximate surface area is 171 Å². The van der Waals surface area contributed by atoms with Crippen molar-refractivity contribution in [3.8, 4) is 5.75 Å². The number of hydrogen-bond acceptors (Lipinski definition) is 5. The molecular formula is C22H28N4O3. The van der Waals surface area contributed by atoms with E-state index in [1.165, 1.54) is 13.1 Å². The van der Waals surface area contributed by atoms with Gasteiger partial charge < -0.3 is 21.1 Å². The van der Waals surface area contributed by atoms with Crippen LogP contribution < -0.4 is 21.1 Å². The number of rotatable bonds is 7. The number of nitrogens with one attached hydrogen (secondary N) is 2. The number of benzene rings is 1. The van der Waals surface area contributed by atoms with Crippen LogP contribution in [0.2, 0.25) is 0 Å². The quantitative estimate of drug-likeness (QED) is 0.661. The second kappa shape index (κ2) is 8.21. The highest BCUT2D eigenvalue weighted by Crippen LogP contribution is 2.51. The highest BCUT2D eigenvalue weighted by molar-refractivity contribution is 5.99. The van der Waals surface area contributed by atoms with Gasteiger partial charge in [0, 0.05) is 30.8 Å². The summed E-state index contributed by atoms with van der Waals surface area (Å²) < 4.78 is 5.27. The van der Waals surface area contributed by atoms with E-state index < -0.39 is 0 Å². The highest BCUT2D eigenvalue weighted by Gasteiger charge is 2.57. The molecule has 1 aromatic carbocycles. The molecule has 4 N–H and O–H groups in total. The van der Waals surface area contributed by atoms with Gasteiger partial charge in [-0.1, -0.05) is 26.0 Å². The van der Waals surface area contributed by atoms with Crippen molar-refractivity contribution in [2.24, 2.45) is 17.1 Å². The fourth-order valence-corrected chi connectivity index (χ4v) is 3.74. The summed E-state index contributed by atoms with van der Waals surface area (Å²) >= 11 is 0. The minimum absolute atomic E-state index is 0.0233. The van der Waals surface area contributed by atoms with Gasteiger partial charge in [0.15, 0.2) is 0 Å². The molecule has 2 atom stereocenters. The molecule has 1 aromatic heterocycles. The van der Waals surface area contributed by atoms with E-state index in [0.717, 1.165) is 11.3 Å². The molecule has 0 aliphatic heterocycles. The lowest BCUT2D eigenvalue weighted by Crippen LogP contribution is -2.30. The maximum absolute atomic E-state index is 12.9. The van der Waals surface area contributed by atoms with E-state index in [-0.39, 0.29) is 34.9 Å². The molecule has 0 saturated heterocycles. The van der Waals surface area contributed by atoms with E-state index in [0.29, 0.717) is 24.2 Å². The monoisotopic (exact) mass is 396 g/mol. The van der Waals surface area contributed by atoms with Crippen LogP contribution in [0.5, 0.6) is 5.75 Å². The number of aromatic nitrogens is 1. The Morgan fingerprint density at radius 1 is 1.21 bits per heavy atom. The summed E-state index contributed by atoms with van der Waals surface area (Å²) in [5, 5.41) is 5.63. The first-order chi connectivity index (χ1) is 13.8. The third kappa shape index (κ3) is 4.40. The van der Waals surface area contributed by atoms with Crippen molar-refractivity contribution in [3.05, 3.63) is 58.9 Å². The second-order valence-electron chi connectivity index (χ2n) is 7.95. The molecule has 0 radical (unpaired) electrons. The smallest absolute Gasteiger partial charge is 0.269 e. The molecule has 2 amide bonds. The topological polar surface area (TPSA) is 106 Å². The van der Waals surface area contributed by atoms with Crippen LogP contribution in [0.25, 0.3) is 0 Å². The molecule has 0 bridgehead atoms. The summed E-state index contributed by atoms with van der Waals surface area (Å²) in [5.74, 6) is 0.436. The highest BCUT2D eigenvalue weighted by atomic mass is 16.5. The Morgan fingerprint density at radius 3 is 2.59 bits per heavy atom. The van der Waals surface area contributed by atoms with Gasteiger partial charge in [-0.3, -0.25) is 9.59 Å². The Hall–Kier alpha value is -2.93. The number of amides is 2. The molecule has 1 aliphatic rings. The van der Waals surface area contributed by atoms with Gasteiger partial charge in [-0.25, -0.2) is 4.98 Å². The SMILES string of the molecule is CNC(=O)c1cc(C(=O)NC2C(CN)C2(C)C)cc(Cc2cccc(OC)c2)n1. The van der Waals surface area contributed by atoms with Gasteiger partial charge in [-0.15, -0.1) is 0 Å². The summed E-state index contributed by atoms with van der Waals surface area (Å²) in [6, 6.07) is 10.9. The third-order valence-electron chi connectivity index (χ3n) is 5.71. The molecule has 2 unspecified atom stereocenters. The van der Waals surface area contributed by atoms with Crippen LogP contribution >= 0.6 is 0 Å². The summed E-state index contributed by atoms with van der Waals surface area (Å²) in [6.07, 6.45) is 0.475. The number of pyridine rings is 1. The van der Waals surface area contributed by atoms with Crippen molar-refractivity contribution >= 4 is 11.8 Å². The van der Waals surface area contributed by atoms with E-state index in [9.17, 15) is 9.59 Å². The van der Waals surface area contributed by atoms with Gasteiger partial charge in [0.05, 0.1) is 7.11 Å². The molecule has 0 spiro atoms. The normalized spacial score (nSPS) is 19.3. The maximum atomic E-state index is 12.9. The molecule has 2 aromatic rings. The predicted octanol–water partition coefficient (Wildman–Crippen LogP) is 1.75. The van der Waals surface area contributed by atoms with Gasteiger partial charge in [0.25, 0.3) is 11.8 Å². The lowest BCUT2D eigenvalue weighted by molar-refractivity contribution is 0.0945. The van der Waals surface area contributed by atoms with Gasteiger partial charge in [-0.2, -0.15) is 0 Å². The van der Waals surface area contributed by atoms with Crippen molar-refractivity contribution < 1.29 is 14.3 Å². The molecule has 1 aliphatic carbocycles. The zero-order valence-corrected chi connectivity index (χ0v) is 17.3. The molecule has 1 fully saturated rings. The van der Waals surface area contributed by atoms with E-state index in [1.54, 1.807) is 13.2 Å². The molecule has 3 rings (SSSR count). The first kappa shape index (κ1) is 20.8. The van der Waals surface area contributed by atoms with Gasteiger partial charge in [-0.05, 0) is 47.7 Å². The fourth-order valence-electron chi connectivity index (χ4n) is 3.74. The molecule has 7 heteroatoms. The van der Waals surface area contributed by atoms with Crippen molar-refractivity contribution in [2.75, 3.05) is 20.7 Å². The number of nitrogens with two attached hydrogens (primary N) is 1. The maximum Gasteiger partial charge on any atom is 0.269 e. The Kier molecular flexibility index (Phi) is 5.88. The average molecular weight is 396 g/mol. The zero-order chi connectivity index (χ0) is 21.2.